The average Bonchev–Trinajstić information content (AvgIpc) is 3.15. The van der Waals surface area contributed by atoms with Gasteiger partial charge in [-0.3, -0.25) is 0 Å². The highest BCUT2D eigenvalue weighted by Crippen LogP contribution is 2.29. The highest BCUT2D eigenvalue weighted by atomic mass is 19.4. The van der Waals surface area contributed by atoms with Gasteiger partial charge in [0.25, 0.3) is 0 Å². The second kappa shape index (κ2) is 8.72. The van der Waals surface area contributed by atoms with E-state index in [4.69, 9.17) is 9.47 Å². The number of carbonyl (C=O) groups excluding carboxylic acids is 1. The molecule has 0 atom stereocenters. The third-order valence-electron chi connectivity index (χ3n) is 3.80. The van der Waals surface area contributed by atoms with E-state index >= 15 is 0 Å². The van der Waals surface area contributed by atoms with E-state index in [1.807, 2.05) is 0 Å². The Balaban J connectivity index is 1.61. The van der Waals surface area contributed by atoms with Crippen molar-refractivity contribution in [3.05, 3.63) is 59.7 Å². The average molecular weight is 406 g/mol. The van der Waals surface area contributed by atoms with Crippen LogP contribution in [0, 0.1) is 0 Å². The number of hydrogen-bond donors (Lipinski definition) is 0. The van der Waals surface area contributed by atoms with Crippen LogP contribution in [0.1, 0.15) is 18.1 Å². The first kappa shape index (κ1) is 20.3. The monoisotopic (exact) mass is 406 g/mol. The number of aromatic nitrogens is 4. The molecular formula is C19H17F3N4O3. The Hall–Kier alpha value is -3.43. The topological polar surface area (TPSA) is 79.1 Å². The zero-order valence-electron chi connectivity index (χ0n) is 15.4. The van der Waals surface area contributed by atoms with Crippen molar-refractivity contribution >= 4 is 5.97 Å². The molecule has 0 fully saturated rings. The van der Waals surface area contributed by atoms with Crippen molar-refractivity contribution in [2.24, 2.45) is 0 Å². The first-order chi connectivity index (χ1) is 13.8. The maximum atomic E-state index is 12.8. The summed E-state index contributed by atoms with van der Waals surface area (Å²) in [5.74, 6) is 0.332. The van der Waals surface area contributed by atoms with E-state index in [0.29, 0.717) is 22.7 Å². The second-order valence-electron chi connectivity index (χ2n) is 5.96. The summed E-state index contributed by atoms with van der Waals surface area (Å²) in [5, 5.41) is 11.8. The zero-order chi connectivity index (χ0) is 20.9. The van der Waals surface area contributed by atoms with E-state index in [1.54, 1.807) is 37.3 Å². The van der Waals surface area contributed by atoms with Crippen LogP contribution < -0.4 is 4.74 Å². The number of carbonyl (C=O) groups is 1. The number of alkyl halides is 3. The molecule has 152 valence electrons. The fourth-order valence-corrected chi connectivity index (χ4v) is 2.45. The normalized spacial score (nSPS) is 11.3. The van der Waals surface area contributed by atoms with Crippen molar-refractivity contribution in [1.82, 2.24) is 20.2 Å². The first-order valence-corrected chi connectivity index (χ1v) is 8.68. The van der Waals surface area contributed by atoms with E-state index in [9.17, 15) is 18.0 Å². The van der Waals surface area contributed by atoms with Crippen LogP contribution in [-0.4, -0.2) is 32.8 Å². The van der Waals surface area contributed by atoms with Crippen molar-refractivity contribution < 1.29 is 27.4 Å². The molecule has 3 aromatic rings. The number of benzene rings is 2. The smallest absolute Gasteiger partial charge is 0.416 e. The molecule has 0 aliphatic rings. The van der Waals surface area contributed by atoms with Gasteiger partial charge in [0.2, 0.25) is 5.82 Å². The van der Waals surface area contributed by atoms with Gasteiger partial charge in [-0.15, -0.1) is 10.2 Å². The van der Waals surface area contributed by atoms with Crippen molar-refractivity contribution in [1.29, 1.82) is 0 Å². The summed E-state index contributed by atoms with van der Waals surface area (Å²) in [6.07, 6.45) is -4.39. The van der Waals surface area contributed by atoms with Gasteiger partial charge in [-0.05, 0) is 54.1 Å². The lowest BCUT2D eigenvalue weighted by Crippen LogP contribution is -2.15. The van der Waals surface area contributed by atoms with Crippen molar-refractivity contribution in [3.8, 4) is 17.1 Å². The number of esters is 1. The van der Waals surface area contributed by atoms with Gasteiger partial charge in [0, 0.05) is 5.56 Å². The molecule has 2 aromatic carbocycles. The van der Waals surface area contributed by atoms with Gasteiger partial charge in [0.05, 0.1) is 12.2 Å². The highest BCUT2D eigenvalue weighted by Gasteiger charge is 2.30. The number of tetrazole rings is 1. The van der Waals surface area contributed by atoms with Crippen LogP contribution in [0.5, 0.6) is 5.75 Å². The van der Waals surface area contributed by atoms with E-state index in [-0.39, 0.29) is 19.8 Å². The molecule has 7 nitrogen and oxygen atoms in total. The Morgan fingerprint density at radius 2 is 1.90 bits per heavy atom. The SMILES string of the molecule is CCOC(=O)Cn1nnc(-c2ccc(OCc3cccc(C(F)(F)F)c3)cc2)n1. The highest BCUT2D eigenvalue weighted by molar-refractivity contribution is 5.68. The van der Waals surface area contributed by atoms with E-state index in [0.717, 1.165) is 16.9 Å². The minimum atomic E-state index is -4.39. The summed E-state index contributed by atoms with van der Waals surface area (Å²) in [5.41, 5.74) is 0.338. The van der Waals surface area contributed by atoms with Gasteiger partial charge < -0.3 is 9.47 Å². The molecule has 1 aromatic heterocycles. The van der Waals surface area contributed by atoms with Crippen LogP contribution in [-0.2, 0) is 28.9 Å². The predicted molar refractivity (Wildman–Crippen MR) is 95.7 cm³/mol. The third kappa shape index (κ3) is 5.53. The van der Waals surface area contributed by atoms with E-state index in [2.05, 4.69) is 15.4 Å². The molecule has 0 saturated heterocycles. The quantitative estimate of drug-likeness (QED) is 0.559. The molecule has 1 heterocycles. The van der Waals surface area contributed by atoms with Gasteiger partial charge in [0.1, 0.15) is 12.4 Å². The van der Waals surface area contributed by atoms with Crippen LogP contribution in [0.2, 0.25) is 0 Å². The lowest BCUT2D eigenvalue weighted by Gasteiger charge is -2.10. The lowest BCUT2D eigenvalue weighted by molar-refractivity contribution is -0.144. The lowest BCUT2D eigenvalue weighted by atomic mass is 10.1. The van der Waals surface area contributed by atoms with E-state index < -0.39 is 17.7 Å². The molecule has 0 unspecified atom stereocenters. The fraction of sp³-hybridized carbons (Fsp3) is 0.263. The molecule has 3 rings (SSSR count). The number of hydrogen-bond acceptors (Lipinski definition) is 6. The molecule has 0 radical (unpaired) electrons. The summed E-state index contributed by atoms with van der Waals surface area (Å²) in [4.78, 5) is 12.6. The Labute approximate surface area is 164 Å². The fourth-order valence-electron chi connectivity index (χ4n) is 2.45. The van der Waals surface area contributed by atoms with Gasteiger partial charge in [0.15, 0.2) is 6.54 Å². The zero-order valence-corrected chi connectivity index (χ0v) is 15.4. The van der Waals surface area contributed by atoms with Gasteiger partial charge in [-0.2, -0.15) is 18.0 Å². The molecule has 0 amide bonds. The Morgan fingerprint density at radius 3 is 2.59 bits per heavy atom. The van der Waals surface area contributed by atoms with Crippen molar-refractivity contribution in [2.75, 3.05) is 6.61 Å². The second-order valence-corrected chi connectivity index (χ2v) is 5.96. The van der Waals surface area contributed by atoms with Crippen LogP contribution in [0.15, 0.2) is 48.5 Å². The van der Waals surface area contributed by atoms with Crippen LogP contribution in [0.25, 0.3) is 11.4 Å². The molecule has 29 heavy (non-hydrogen) atoms. The van der Waals surface area contributed by atoms with Gasteiger partial charge in [-0.1, -0.05) is 12.1 Å². The maximum Gasteiger partial charge on any atom is 0.416 e. The van der Waals surface area contributed by atoms with Crippen LogP contribution in [0.4, 0.5) is 13.2 Å². The van der Waals surface area contributed by atoms with Crippen molar-refractivity contribution in [2.45, 2.75) is 26.3 Å². The Kier molecular flexibility index (Phi) is 6.10. The van der Waals surface area contributed by atoms with E-state index in [1.165, 1.54) is 6.07 Å². The largest absolute Gasteiger partial charge is 0.489 e. The number of ether oxygens (including phenoxy) is 2. The third-order valence-corrected chi connectivity index (χ3v) is 3.80. The molecule has 0 aliphatic carbocycles. The molecule has 0 bridgehead atoms. The molecule has 0 N–H and O–H groups in total. The van der Waals surface area contributed by atoms with Gasteiger partial charge >= 0.3 is 12.1 Å². The molecule has 10 heteroatoms. The Morgan fingerprint density at radius 1 is 1.14 bits per heavy atom. The minimum Gasteiger partial charge on any atom is -0.489 e. The summed E-state index contributed by atoms with van der Waals surface area (Å²) in [6.45, 7) is 1.83. The number of halogens is 3. The summed E-state index contributed by atoms with van der Waals surface area (Å²) < 4.78 is 48.6. The molecule has 0 spiro atoms. The molecule has 0 aliphatic heterocycles. The maximum absolute atomic E-state index is 12.8. The standard InChI is InChI=1S/C19H17F3N4O3/c1-2-28-17(27)11-26-24-18(23-25-26)14-6-8-16(9-7-14)29-12-13-4-3-5-15(10-13)19(20,21)22/h3-10H,2,11-12H2,1H3. The summed E-state index contributed by atoms with van der Waals surface area (Å²) >= 11 is 0. The minimum absolute atomic E-state index is 0.00274. The molecular weight excluding hydrogens is 389 g/mol. The summed E-state index contributed by atoms with van der Waals surface area (Å²) in [7, 11) is 0. The van der Waals surface area contributed by atoms with Gasteiger partial charge in [-0.25, -0.2) is 4.79 Å². The van der Waals surface area contributed by atoms with Crippen LogP contribution in [0.3, 0.4) is 0 Å². The number of nitrogens with zero attached hydrogens (tertiary/aromatic N) is 4. The predicted octanol–water partition coefficient (Wildman–Crippen LogP) is 3.50. The first-order valence-electron chi connectivity index (χ1n) is 8.68. The molecule has 0 saturated carbocycles. The Bertz CT molecular complexity index is 971. The van der Waals surface area contributed by atoms with Crippen LogP contribution >= 0.6 is 0 Å². The number of rotatable bonds is 7. The van der Waals surface area contributed by atoms with Crippen molar-refractivity contribution in [3.63, 3.8) is 0 Å². The summed E-state index contributed by atoms with van der Waals surface area (Å²) in [6, 6.07) is 11.6.